The van der Waals surface area contributed by atoms with Gasteiger partial charge >= 0.3 is 0 Å². The highest BCUT2D eigenvalue weighted by atomic mass is 16.3. The molecular formula is C13H22N2O. The summed E-state index contributed by atoms with van der Waals surface area (Å²) in [5.41, 5.74) is 4.58. The largest absolute Gasteiger partial charge is 0.472 e. The van der Waals surface area contributed by atoms with Crippen LogP contribution in [-0.2, 0) is 6.42 Å². The van der Waals surface area contributed by atoms with Gasteiger partial charge in [0.1, 0.15) is 0 Å². The van der Waals surface area contributed by atoms with Crippen LogP contribution in [-0.4, -0.2) is 6.04 Å². The molecule has 0 saturated heterocycles. The highest BCUT2D eigenvalue weighted by Gasteiger charge is 2.34. The molecule has 0 bridgehead atoms. The van der Waals surface area contributed by atoms with E-state index in [1.54, 1.807) is 6.26 Å². The van der Waals surface area contributed by atoms with Crippen LogP contribution in [0.25, 0.3) is 0 Å². The van der Waals surface area contributed by atoms with Crippen molar-refractivity contribution in [3.8, 4) is 0 Å². The molecule has 1 unspecified atom stereocenters. The molecular weight excluding hydrogens is 200 g/mol. The summed E-state index contributed by atoms with van der Waals surface area (Å²) in [6, 6.07) is 2.38. The molecule has 2 rings (SSSR count). The Balaban J connectivity index is 2.03. The molecule has 1 heterocycles. The maximum absolute atomic E-state index is 5.72. The van der Waals surface area contributed by atoms with E-state index < -0.39 is 0 Å². The maximum Gasteiger partial charge on any atom is 0.0935 e. The summed E-state index contributed by atoms with van der Waals surface area (Å²) in [6.07, 6.45) is 11.1. The molecule has 90 valence electrons. The lowest BCUT2D eigenvalue weighted by Gasteiger charge is -2.40. The molecule has 0 radical (unpaired) electrons. The van der Waals surface area contributed by atoms with Gasteiger partial charge in [-0.15, -0.1) is 0 Å². The van der Waals surface area contributed by atoms with Crippen molar-refractivity contribution in [3.63, 3.8) is 0 Å². The normalized spacial score (nSPS) is 21.9. The first kappa shape index (κ1) is 11.7. The molecule has 3 heteroatoms. The summed E-state index contributed by atoms with van der Waals surface area (Å²) < 4.78 is 5.11. The minimum Gasteiger partial charge on any atom is -0.472 e. The molecule has 1 aromatic rings. The molecule has 1 aromatic heterocycles. The Labute approximate surface area is 97.4 Å². The Bertz CT molecular complexity index is 302. The summed E-state index contributed by atoms with van der Waals surface area (Å²) in [6.45, 7) is 2.36. The van der Waals surface area contributed by atoms with E-state index in [9.17, 15) is 0 Å². The Morgan fingerprint density at radius 3 is 2.75 bits per heavy atom. The van der Waals surface area contributed by atoms with Crippen LogP contribution in [0.2, 0.25) is 0 Å². The third-order valence-corrected chi connectivity index (χ3v) is 4.06. The topological polar surface area (TPSA) is 51.2 Å². The lowest BCUT2D eigenvalue weighted by molar-refractivity contribution is 0.144. The van der Waals surface area contributed by atoms with Crippen molar-refractivity contribution in [2.24, 2.45) is 11.3 Å². The Morgan fingerprint density at radius 2 is 2.19 bits per heavy atom. The van der Waals surface area contributed by atoms with Gasteiger partial charge in [-0.25, -0.2) is 0 Å². The van der Waals surface area contributed by atoms with E-state index in [0.717, 1.165) is 6.42 Å². The average Bonchev–Trinajstić information content (AvgIpc) is 2.79. The van der Waals surface area contributed by atoms with E-state index in [0.29, 0.717) is 11.5 Å². The Hall–Kier alpha value is -0.800. The zero-order valence-corrected chi connectivity index (χ0v) is 10.0. The molecule has 1 aliphatic rings. The second kappa shape index (κ2) is 5.02. The van der Waals surface area contributed by atoms with Crippen LogP contribution >= 0.6 is 0 Å². The van der Waals surface area contributed by atoms with Gasteiger partial charge in [-0.3, -0.25) is 11.3 Å². The standard InChI is InChI=1S/C13H22N2O/c1-13(6-3-2-4-7-13)12(15-14)9-11-5-8-16-10-11/h5,8,10,12,15H,2-4,6-7,9,14H2,1H3. The van der Waals surface area contributed by atoms with Gasteiger partial charge in [0, 0.05) is 6.04 Å². The van der Waals surface area contributed by atoms with Crippen LogP contribution in [0.15, 0.2) is 23.0 Å². The van der Waals surface area contributed by atoms with Crippen molar-refractivity contribution < 1.29 is 4.42 Å². The average molecular weight is 222 g/mol. The van der Waals surface area contributed by atoms with Crippen molar-refractivity contribution in [1.82, 2.24) is 5.43 Å². The number of nitrogens with one attached hydrogen (secondary N) is 1. The van der Waals surface area contributed by atoms with Gasteiger partial charge in [-0.1, -0.05) is 26.2 Å². The number of hydrogen-bond acceptors (Lipinski definition) is 3. The van der Waals surface area contributed by atoms with E-state index in [1.165, 1.54) is 37.7 Å². The predicted octanol–water partition coefficient (Wildman–Crippen LogP) is 2.62. The van der Waals surface area contributed by atoms with Crippen molar-refractivity contribution in [1.29, 1.82) is 0 Å². The van der Waals surface area contributed by atoms with Crippen molar-refractivity contribution in [2.75, 3.05) is 0 Å². The second-order valence-electron chi connectivity index (χ2n) is 5.27. The quantitative estimate of drug-likeness (QED) is 0.608. The summed E-state index contributed by atoms with van der Waals surface area (Å²) >= 11 is 0. The Morgan fingerprint density at radius 1 is 1.44 bits per heavy atom. The zero-order valence-electron chi connectivity index (χ0n) is 10.0. The van der Waals surface area contributed by atoms with Crippen LogP contribution in [0.5, 0.6) is 0 Å². The molecule has 0 aliphatic heterocycles. The fourth-order valence-corrected chi connectivity index (χ4v) is 2.86. The first-order valence-electron chi connectivity index (χ1n) is 6.22. The van der Waals surface area contributed by atoms with Gasteiger partial charge in [-0.2, -0.15) is 0 Å². The molecule has 1 aliphatic carbocycles. The second-order valence-corrected chi connectivity index (χ2v) is 5.27. The van der Waals surface area contributed by atoms with Crippen LogP contribution in [0, 0.1) is 5.41 Å². The first-order chi connectivity index (χ1) is 7.74. The molecule has 1 saturated carbocycles. The van der Waals surface area contributed by atoms with Gasteiger partial charge in [0.05, 0.1) is 12.5 Å². The van der Waals surface area contributed by atoms with Crippen molar-refractivity contribution in [3.05, 3.63) is 24.2 Å². The summed E-state index contributed by atoms with van der Waals surface area (Å²) in [5.74, 6) is 5.72. The highest BCUT2D eigenvalue weighted by Crippen LogP contribution is 2.39. The molecule has 3 N–H and O–H groups in total. The number of hydrogen-bond donors (Lipinski definition) is 2. The van der Waals surface area contributed by atoms with Crippen molar-refractivity contribution in [2.45, 2.75) is 51.5 Å². The van der Waals surface area contributed by atoms with Crippen molar-refractivity contribution >= 4 is 0 Å². The monoisotopic (exact) mass is 222 g/mol. The third-order valence-electron chi connectivity index (χ3n) is 4.06. The molecule has 0 amide bonds. The van der Waals surface area contributed by atoms with E-state index in [1.807, 2.05) is 12.3 Å². The first-order valence-corrected chi connectivity index (χ1v) is 6.22. The minimum absolute atomic E-state index is 0.338. The van der Waals surface area contributed by atoms with E-state index in [-0.39, 0.29) is 0 Å². The molecule has 3 nitrogen and oxygen atoms in total. The lowest BCUT2D eigenvalue weighted by Crippen LogP contribution is -2.49. The summed E-state index contributed by atoms with van der Waals surface area (Å²) in [4.78, 5) is 0. The van der Waals surface area contributed by atoms with Gasteiger partial charge in [0.25, 0.3) is 0 Å². The van der Waals surface area contributed by atoms with E-state index >= 15 is 0 Å². The summed E-state index contributed by atoms with van der Waals surface area (Å²) in [7, 11) is 0. The maximum atomic E-state index is 5.72. The van der Waals surface area contributed by atoms with Gasteiger partial charge in [0.15, 0.2) is 0 Å². The van der Waals surface area contributed by atoms with Gasteiger partial charge in [0.2, 0.25) is 0 Å². The summed E-state index contributed by atoms with van der Waals surface area (Å²) in [5, 5.41) is 0. The fourth-order valence-electron chi connectivity index (χ4n) is 2.86. The van der Waals surface area contributed by atoms with E-state index in [2.05, 4.69) is 12.3 Å². The highest BCUT2D eigenvalue weighted by molar-refractivity contribution is 5.09. The zero-order chi connectivity index (χ0) is 11.4. The SMILES string of the molecule is CC1(C(Cc2ccoc2)NN)CCCCC1. The van der Waals surface area contributed by atoms with Crippen LogP contribution in [0.3, 0.4) is 0 Å². The number of nitrogens with two attached hydrogens (primary N) is 1. The van der Waals surface area contributed by atoms with Gasteiger partial charge in [-0.05, 0) is 36.3 Å². The number of rotatable bonds is 4. The van der Waals surface area contributed by atoms with Gasteiger partial charge < -0.3 is 4.42 Å². The molecule has 1 fully saturated rings. The van der Waals surface area contributed by atoms with Crippen LogP contribution < -0.4 is 11.3 Å². The minimum atomic E-state index is 0.338. The van der Waals surface area contributed by atoms with Crippen LogP contribution in [0.1, 0.15) is 44.6 Å². The molecule has 16 heavy (non-hydrogen) atoms. The Kier molecular flexibility index (Phi) is 3.66. The molecule has 0 aromatic carbocycles. The predicted molar refractivity (Wildman–Crippen MR) is 64.7 cm³/mol. The lowest BCUT2D eigenvalue weighted by atomic mass is 9.69. The fraction of sp³-hybridized carbons (Fsp3) is 0.692. The number of furan rings is 1. The third kappa shape index (κ3) is 2.47. The molecule has 0 spiro atoms. The number of hydrazine groups is 1. The van der Waals surface area contributed by atoms with E-state index in [4.69, 9.17) is 10.3 Å². The van der Waals surface area contributed by atoms with Crippen LogP contribution in [0.4, 0.5) is 0 Å². The molecule has 1 atom stereocenters. The smallest absolute Gasteiger partial charge is 0.0935 e.